The maximum absolute atomic E-state index is 15.1. The first-order valence-corrected chi connectivity index (χ1v) is 12.9. The van der Waals surface area contributed by atoms with Crippen molar-refractivity contribution in [1.29, 1.82) is 0 Å². The Kier molecular flexibility index (Phi) is 7.93. The zero-order valence-corrected chi connectivity index (χ0v) is 23.0. The molecule has 38 heavy (non-hydrogen) atoms. The number of nitrogens with zero attached hydrogens (tertiary/aromatic N) is 4. The lowest BCUT2D eigenvalue weighted by Gasteiger charge is -2.52. The molecule has 0 aliphatic carbocycles. The number of rotatable bonds is 6. The molecule has 0 saturated carbocycles. The van der Waals surface area contributed by atoms with Gasteiger partial charge in [-0.15, -0.1) is 12.4 Å². The highest BCUT2D eigenvalue weighted by Crippen LogP contribution is 2.48. The Morgan fingerprint density at radius 2 is 1.92 bits per heavy atom. The summed E-state index contributed by atoms with van der Waals surface area (Å²) in [6.07, 6.45) is 4.80. The zero-order valence-electron chi connectivity index (χ0n) is 22.2. The number of nitrogens with one attached hydrogen (secondary N) is 1. The van der Waals surface area contributed by atoms with Crippen molar-refractivity contribution in [3.8, 4) is 11.4 Å². The molecule has 1 aromatic carbocycles. The van der Waals surface area contributed by atoms with E-state index in [0.717, 1.165) is 12.8 Å². The molecule has 0 unspecified atom stereocenters. The van der Waals surface area contributed by atoms with E-state index in [1.165, 1.54) is 6.07 Å². The summed E-state index contributed by atoms with van der Waals surface area (Å²) < 4.78 is 20.7. The molecule has 2 aliphatic heterocycles. The maximum Gasteiger partial charge on any atom is 0.230 e. The standard InChI is InChI=1S/C28H34FN5O3.ClH/c1-17(2)23-6-5-21(12-24(23)29)28(36,27(4)15-31-16-27)22-11-20(13-30-14-22)25-32-26(37-33-25)19-7-9-34(10-8-19)18(3)35;/h5-6,11-14,17,19,31,36H,7-10,15-16H2,1-4H3;1H/t28-;/m0./s1. The minimum atomic E-state index is -1.48. The molecule has 0 radical (unpaired) electrons. The van der Waals surface area contributed by atoms with Crippen LogP contribution in [0.1, 0.15) is 75.0 Å². The van der Waals surface area contributed by atoms with Gasteiger partial charge in [0.05, 0.1) is 0 Å². The van der Waals surface area contributed by atoms with Gasteiger partial charge < -0.3 is 19.8 Å². The molecule has 10 heteroatoms. The highest BCUT2D eigenvalue weighted by molar-refractivity contribution is 5.85. The van der Waals surface area contributed by atoms with Gasteiger partial charge in [0.1, 0.15) is 11.4 Å². The van der Waals surface area contributed by atoms with Crippen molar-refractivity contribution >= 4 is 18.3 Å². The summed E-state index contributed by atoms with van der Waals surface area (Å²) in [6.45, 7) is 9.95. The van der Waals surface area contributed by atoms with Gasteiger partial charge in [-0.3, -0.25) is 9.78 Å². The van der Waals surface area contributed by atoms with Crippen LogP contribution >= 0.6 is 12.4 Å². The van der Waals surface area contributed by atoms with Crippen LogP contribution in [0.4, 0.5) is 4.39 Å². The second kappa shape index (κ2) is 10.7. The van der Waals surface area contributed by atoms with E-state index in [0.29, 0.717) is 60.1 Å². The first kappa shape index (κ1) is 28.1. The molecule has 2 saturated heterocycles. The van der Waals surface area contributed by atoms with E-state index in [-0.39, 0.29) is 36.0 Å². The average Bonchev–Trinajstić information content (AvgIpc) is 3.37. The molecule has 2 aromatic heterocycles. The fourth-order valence-corrected chi connectivity index (χ4v) is 5.56. The number of carbonyl (C=O) groups is 1. The van der Waals surface area contributed by atoms with Gasteiger partial charge in [0.15, 0.2) is 0 Å². The maximum atomic E-state index is 15.1. The van der Waals surface area contributed by atoms with Crippen molar-refractivity contribution in [3.05, 3.63) is 65.1 Å². The van der Waals surface area contributed by atoms with Gasteiger partial charge in [-0.2, -0.15) is 4.98 Å². The SMILES string of the molecule is CC(=O)N1CCC(c2nc(-c3cncc([C@@](O)(c4ccc(C(C)C)c(F)c4)C4(C)CNC4)c3)no2)CC1.Cl. The Hall–Kier alpha value is -2.88. The molecule has 2 N–H and O–H groups in total. The summed E-state index contributed by atoms with van der Waals surface area (Å²) in [5, 5.41) is 19.7. The smallest absolute Gasteiger partial charge is 0.230 e. The number of amides is 1. The van der Waals surface area contributed by atoms with Crippen LogP contribution in [-0.2, 0) is 10.4 Å². The van der Waals surface area contributed by atoms with Crippen LogP contribution in [0.3, 0.4) is 0 Å². The van der Waals surface area contributed by atoms with Crippen molar-refractivity contribution in [2.45, 2.75) is 58.0 Å². The van der Waals surface area contributed by atoms with Crippen LogP contribution in [0.5, 0.6) is 0 Å². The fraction of sp³-hybridized carbons (Fsp3) is 0.500. The Balaban J connectivity index is 0.00000336. The number of piperidine rings is 1. The number of halogens is 2. The van der Waals surface area contributed by atoms with E-state index in [1.807, 2.05) is 37.8 Å². The normalized spacial score (nSPS) is 19.0. The van der Waals surface area contributed by atoms with Crippen molar-refractivity contribution < 1.29 is 18.8 Å². The summed E-state index contributed by atoms with van der Waals surface area (Å²) in [6, 6.07) is 6.84. The van der Waals surface area contributed by atoms with Crippen LogP contribution in [0.2, 0.25) is 0 Å². The van der Waals surface area contributed by atoms with Gasteiger partial charge in [-0.25, -0.2) is 4.39 Å². The highest BCUT2D eigenvalue weighted by atomic mass is 35.5. The number of likely N-dealkylation sites (tertiary alicyclic amines) is 1. The second-order valence-corrected chi connectivity index (χ2v) is 11.0. The van der Waals surface area contributed by atoms with E-state index < -0.39 is 11.0 Å². The summed E-state index contributed by atoms with van der Waals surface area (Å²) in [5.74, 6) is 0.806. The first-order valence-electron chi connectivity index (χ1n) is 12.9. The lowest BCUT2D eigenvalue weighted by molar-refractivity contribution is -0.129. The van der Waals surface area contributed by atoms with E-state index in [2.05, 4.69) is 20.4 Å². The van der Waals surface area contributed by atoms with Crippen molar-refractivity contribution in [2.24, 2.45) is 5.41 Å². The van der Waals surface area contributed by atoms with Crippen molar-refractivity contribution in [2.75, 3.05) is 26.2 Å². The summed E-state index contributed by atoms with van der Waals surface area (Å²) in [5.41, 5.74) is 0.219. The summed E-state index contributed by atoms with van der Waals surface area (Å²) >= 11 is 0. The second-order valence-electron chi connectivity index (χ2n) is 11.0. The number of carbonyl (C=O) groups excluding carboxylic acids is 1. The Morgan fingerprint density at radius 3 is 2.50 bits per heavy atom. The number of aliphatic hydroxyl groups is 1. The third-order valence-corrected chi connectivity index (χ3v) is 8.09. The number of pyridine rings is 1. The van der Waals surface area contributed by atoms with Gasteiger partial charge >= 0.3 is 0 Å². The monoisotopic (exact) mass is 543 g/mol. The predicted molar refractivity (Wildman–Crippen MR) is 143 cm³/mol. The largest absolute Gasteiger partial charge is 0.380 e. The lowest BCUT2D eigenvalue weighted by atomic mass is 9.62. The minimum absolute atomic E-state index is 0. The van der Waals surface area contributed by atoms with E-state index >= 15 is 4.39 Å². The molecular weight excluding hydrogens is 509 g/mol. The Labute approximate surface area is 228 Å². The highest BCUT2D eigenvalue weighted by Gasteiger charge is 2.53. The lowest BCUT2D eigenvalue weighted by Crippen LogP contribution is -2.63. The molecule has 5 rings (SSSR count). The summed E-state index contributed by atoms with van der Waals surface area (Å²) in [4.78, 5) is 22.5. The molecule has 1 amide bonds. The van der Waals surface area contributed by atoms with E-state index in [9.17, 15) is 9.90 Å². The molecular formula is C28H35ClFN5O3. The molecule has 8 nitrogen and oxygen atoms in total. The predicted octanol–water partition coefficient (Wildman–Crippen LogP) is 4.39. The minimum Gasteiger partial charge on any atom is -0.380 e. The quantitative estimate of drug-likeness (QED) is 0.475. The zero-order chi connectivity index (χ0) is 26.4. The fourth-order valence-electron chi connectivity index (χ4n) is 5.56. The molecule has 2 aliphatic rings. The average molecular weight is 544 g/mol. The van der Waals surface area contributed by atoms with Gasteiger partial charge in [0.25, 0.3) is 0 Å². The molecule has 204 valence electrons. The Morgan fingerprint density at radius 1 is 1.21 bits per heavy atom. The molecule has 0 bridgehead atoms. The van der Waals surface area contributed by atoms with Crippen LogP contribution in [0.15, 0.2) is 41.2 Å². The van der Waals surface area contributed by atoms with Gasteiger partial charge in [-0.05, 0) is 42.0 Å². The van der Waals surface area contributed by atoms with Gasteiger partial charge in [-0.1, -0.05) is 38.1 Å². The molecule has 1 atom stereocenters. The van der Waals surface area contributed by atoms with Crippen molar-refractivity contribution in [3.63, 3.8) is 0 Å². The van der Waals surface area contributed by atoms with E-state index in [4.69, 9.17) is 4.52 Å². The van der Waals surface area contributed by atoms with Crippen LogP contribution in [-0.4, -0.2) is 57.2 Å². The van der Waals surface area contributed by atoms with E-state index in [1.54, 1.807) is 25.4 Å². The van der Waals surface area contributed by atoms with Crippen LogP contribution < -0.4 is 5.32 Å². The summed E-state index contributed by atoms with van der Waals surface area (Å²) in [7, 11) is 0. The van der Waals surface area contributed by atoms with Crippen LogP contribution in [0, 0.1) is 11.2 Å². The first-order chi connectivity index (χ1) is 17.6. The van der Waals surface area contributed by atoms with Gasteiger partial charge in [0.2, 0.25) is 17.6 Å². The molecule has 3 aromatic rings. The molecule has 4 heterocycles. The van der Waals surface area contributed by atoms with Crippen LogP contribution in [0.25, 0.3) is 11.4 Å². The molecule has 0 spiro atoms. The topological polar surface area (TPSA) is 104 Å². The molecule has 2 fully saturated rings. The number of hydrogen-bond donors (Lipinski definition) is 2. The third kappa shape index (κ3) is 4.83. The van der Waals surface area contributed by atoms with Gasteiger partial charge in [0, 0.05) is 68.0 Å². The third-order valence-electron chi connectivity index (χ3n) is 8.09. The number of hydrogen-bond acceptors (Lipinski definition) is 7. The Bertz CT molecular complexity index is 1300. The number of benzene rings is 1. The van der Waals surface area contributed by atoms with Crippen molar-refractivity contribution in [1.82, 2.24) is 25.3 Å². The number of aromatic nitrogens is 3.